The molecule has 2 aromatic rings. The van der Waals surface area contributed by atoms with Gasteiger partial charge >= 0.3 is 0 Å². The standard InChI is InChI=1S/C15H20N6.2BrH/c16-5-1-3-7-18-9-11-20(13-18)15-21-12-10-19(14-21)8-4-2-6-17;;/h9-14H,1-4,7-8,15H2;2*1H/q+2;;/p-2. The van der Waals surface area contributed by atoms with E-state index in [1.54, 1.807) is 0 Å². The van der Waals surface area contributed by atoms with Crippen molar-refractivity contribution in [2.45, 2.75) is 45.4 Å². The largest absolute Gasteiger partial charge is 1.00 e. The third kappa shape index (κ3) is 7.45. The van der Waals surface area contributed by atoms with Crippen molar-refractivity contribution in [2.24, 2.45) is 0 Å². The Morgan fingerprint density at radius 3 is 1.61 bits per heavy atom. The molecule has 8 heteroatoms. The van der Waals surface area contributed by atoms with Crippen molar-refractivity contribution in [3.63, 3.8) is 0 Å². The highest BCUT2D eigenvalue weighted by atomic mass is 79.9. The minimum atomic E-state index is 0. The third-order valence-corrected chi connectivity index (χ3v) is 3.23. The lowest BCUT2D eigenvalue weighted by Gasteiger charge is -1.93. The van der Waals surface area contributed by atoms with E-state index in [2.05, 4.69) is 43.1 Å². The van der Waals surface area contributed by atoms with Gasteiger partial charge in [0.1, 0.15) is 24.8 Å². The maximum atomic E-state index is 8.54. The molecule has 23 heavy (non-hydrogen) atoms. The Kier molecular flexibility index (Phi) is 11.0. The Hall–Kier alpha value is -1.64. The monoisotopic (exact) mass is 442 g/mol. The number of hydrogen-bond acceptors (Lipinski definition) is 2. The molecule has 0 spiro atoms. The molecule has 0 amide bonds. The molecule has 2 aromatic heterocycles. The Bertz CT molecular complexity index is 593. The van der Waals surface area contributed by atoms with E-state index in [0.717, 1.165) is 32.6 Å². The fourth-order valence-electron chi connectivity index (χ4n) is 2.18. The predicted octanol–water partition coefficient (Wildman–Crippen LogP) is -5.01. The smallest absolute Gasteiger partial charge is 0.246 e. The number of halogens is 2. The summed E-state index contributed by atoms with van der Waals surface area (Å²) in [6, 6.07) is 4.32. The first kappa shape index (κ1) is 21.4. The van der Waals surface area contributed by atoms with Crippen LogP contribution in [0, 0.1) is 22.7 Å². The summed E-state index contributed by atoms with van der Waals surface area (Å²) in [5.74, 6) is 0. The SMILES string of the molecule is N#CCCCn1cc[n+](C[n+]2ccn(CCCC#N)c2)c1.[Br-].[Br-]. The van der Waals surface area contributed by atoms with Crippen LogP contribution < -0.4 is 43.1 Å². The van der Waals surface area contributed by atoms with Gasteiger partial charge < -0.3 is 34.0 Å². The number of unbranched alkanes of at least 4 members (excludes halogenated alkanes) is 2. The number of rotatable bonds is 8. The molecule has 2 heterocycles. The van der Waals surface area contributed by atoms with E-state index in [1.807, 2.05) is 24.8 Å². The first-order chi connectivity index (χ1) is 10.3. The average molecular weight is 444 g/mol. The molecule has 6 nitrogen and oxygen atoms in total. The summed E-state index contributed by atoms with van der Waals surface area (Å²) in [4.78, 5) is 0. The van der Waals surface area contributed by atoms with Crippen LogP contribution in [0.2, 0.25) is 0 Å². The molecule has 0 aliphatic carbocycles. The molecule has 0 bridgehead atoms. The summed E-state index contributed by atoms with van der Waals surface area (Å²) in [5.41, 5.74) is 0. The van der Waals surface area contributed by atoms with Gasteiger partial charge in [-0.15, -0.1) is 0 Å². The molecule has 0 fully saturated rings. The summed E-state index contributed by atoms with van der Waals surface area (Å²) in [5, 5.41) is 17.1. The van der Waals surface area contributed by atoms with Crippen molar-refractivity contribution < 1.29 is 43.1 Å². The molecule has 0 N–H and O–H groups in total. The molecule has 0 aliphatic heterocycles. The van der Waals surface area contributed by atoms with Gasteiger partial charge in [-0.1, -0.05) is 0 Å². The zero-order valence-electron chi connectivity index (χ0n) is 12.9. The number of aromatic nitrogens is 4. The van der Waals surface area contributed by atoms with Crippen molar-refractivity contribution in [3.05, 3.63) is 37.4 Å². The second-order valence-electron chi connectivity index (χ2n) is 5.00. The minimum absolute atomic E-state index is 0. The van der Waals surface area contributed by atoms with Gasteiger partial charge in [-0.05, 0) is 12.8 Å². The summed E-state index contributed by atoms with van der Waals surface area (Å²) in [6.07, 6.45) is 15.2. The topological polar surface area (TPSA) is 65.2 Å². The minimum Gasteiger partial charge on any atom is -1.00 e. The molecule has 0 atom stereocenters. The van der Waals surface area contributed by atoms with Gasteiger partial charge in [-0.3, -0.25) is 0 Å². The zero-order valence-corrected chi connectivity index (χ0v) is 16.0. The number of imidazole rings is 2. The maximum Gasteiger partial charge on any atom is 0.246 e. The summed E-state index contributed by atoms with van der Waals surface area (Å²) >= 11 is 0. The lowest BCUT2D eigenvalue weighted by molar-refractivity contribution is -0.912. The van der Waals surface area contributed by atoms with Crippen LogP contribution in [-0.2, 0) is 19.8 Å². The second kappa shape index (κ2) is 11.9. The quantitative estimate of drug-likeness (QED) is 0.303. The number of hydrogen-bond donors (Lipinski definition) is 0. The van der Waals surface area contributed by atoms with Gasteiger partial charge in [-0.25, -0.2) is 9.13 Å². The molecule has 0 unspecified atom stereocenters. The number of nitrogens with zero attached hydrogens (tertiary/aromatic N) is 6. The van der Waals surface area contributed by atoms with Crippen LogP contribution in [0.25, 0.3) is 0 Å². The predicted molar refractivity (Wildman–Crippen MR) is 74.3 cm³/mol. The highest BCUT2D eigenvalue weighted by molar-refractivity contribution is 4.72. The summed E-state index contributed by atoms with van der Waals surface area (Å²) in [6.45, 7) is 2.51. The number of nitriles is 2. The highest BCUT2D eigenvalue weighted by Crippen LogP contribution is 1.94. The van der Waals surface area contributed by atoms with Gasteiger partial charge in [0.15, 0.2) is 0 Å². The molecule has 0 radical (unpaired) electrons. The van der Waals surface area contributed by atoms with Crippen molar-refractivity contribution >= 4 is 0 Å². The van der Waals surface area contributed by atoms with E-state index in [0.29, 0.717) is 12.8 Å². The van der Waals surface area contributed by atoms with Gasteiger partial charge in [0.05, 0.1) is 25.2 Å². The molecular weight excluding hydrogens is 424 g/mol. The highest BCUT2D eigenvalue weighted by Gasteiger charge is 2.08. The first-order valence-corrected chi connectivity index (χ1v) is 7.15. The van der Waals surface area contributed by atoms with Crippen molar-refractivity contribution in [1.29, 1.82) is 10.5 Å². The molecule has 0 aromatic carbocycles. The van der Waals surface area contributed by atoms with E-state index in [4.69, 9.17) is 10.5 Å². The Balaban J connectivity index is 0.00000242. The zero-order chi connectivity index (χ0) is 14.9. The van der Waals surface area contributed by atoms with E-state index in [1.165, 1.54) is 0 Å². The fourth-order valence-corrected chi connectivity index (χ4v) is 2.18. The molecule has 124 valence electrons. The van der Waals surface area contributed by atoms with E-state index in [-0.39, 0.29) is 34.0 Å². The van der Waals surface area contributed by atoms with Gasteiger partial charge in [0, 0.05) is 12.8 Å². The van der Waals surface area contributed by atoms with Crippen LogP contribution in [0.1, 0.15) is 25.7 Å². The summed E-state index contributed by atoms with van der Waals surface area (Å²) in [7, 11) is 0. The maximum absolute atomic E-state index is 8.54. The Morgan fingerprint density at radius 1 is 0.783 bits per heavy atom. The van der Waals surface area contributed by atoms with Crippen molar-refractivity contribution in [2.75, 3.05) is 0 Å². The van der Waals surface area contributed by atoms with Crippen LogP contribution in [0.5, 0.6) is 0 Å². The average Bonchev–Trinajstić information content (AvgIpc) is 3.10. The lowest BCUT2D eigenvalue weighted by atomic mass is 10.3. The molecule has 2 rings (SSSR count). The Morgan fingerprint density at radius 2 is 1.22 bits per heavy atom. The van der Waals surface area contributed by atoms with Crippen molar-refractivity contribution in [3.8, 4) is 12.1 Å². The summed E-state index contributed by atoms with van der Waals surface area (Å²) < 4.78 is 8.40. The molecule has 0 saturated heterocycles. The molecule has 0 aliphatic rings. The van der Waals surface area contributed by atoms with Gasteiger partial charge in [0.25, 0.3) is 0 Å². The molecular formula is C15H20Br2N6. The van der Waals surface area contributed by atoms with Crippen LogP contribution in [0.4, 0.5) is 0 Å². The van der Waals surface area contributed by atoms with Gasteiger partial charge in [-0.2, -0.15) is 19.7 Å². The van der Waals surface area contributed by atoms with Crippen molar-refractivity contribution in [1.82, 2.24) is 9.13 Å². The van der Waals surface area contributed by atoms with E-state index >= 15 is 0 Å². The fraction of sp³-hybridized carbons (Fsp3) is 0.467. The first-order valence-electron chi connectivity index (χ1n) is 7.15. The normalized spacial score (nSPS) is 9.30. The van der Waals surface area contributed by atoms with E-state index < -0.39 is 0 Å². The Labute approximate surface area is 157 Å². The number of aryl methyl sites for hydroxylation is 2. The van der Waals surface area contributed by atoms with Crippen LogP contribution >= 0.6 is 0 Å². The van der Waals surface area contributed by atoms with Crippen LogP contribution in [-0.4, -0.2) is 9.13 Å². The van der Waals surface area contributed by atoms with Gasteiger partial charge in [0.2, 0.25) is 19.3 Å². The van der Waals surface area contributed by atoms with E-state index in [9.17, 15) is 0 Å². The molecule has 0 saturated carbocycles. The lowest BCUT2D eigenvalue weighted by Crippen LogP contribution is -3.00. The third-order valence-electron chi connectivity index (χ3n) is 3.23. The van der Waals surface area contributed by atoms with Crippen LogP contribution in [0.3, 0.4) is 0 Å². The van der Waals surface area contributed by atoms with Crippen LogP contribution in [0.15, 0.2) is 37.4 Å². The second-order valence-corrected chi connectivity index (χ2v) is 5.00.